The Labute approximate surface area is 183 Å². The van der Waals surface area contributed by atoms with Gasteiger partial charge in [0, 0.05) is 17.6 Å². The Kier molecular flexibility index (Phi) is 38.3. The topological polar surface area (TPSA) is 131 Å². The van der Waals surface area contributed by atoms with Crippen molar-refractivity contribution in [2.24, 2.45) is 0 Å². The van der Waals surface area contributed by atoms with Crippen molar-refractivity contribution >= 4 is 34.3 Å². The molecule has 19 heavy (non-hydrogen) atoms. The van der Waals surface area contributed by atoms with Crippen molar-refractivity contribution in [3.8, 4) is 0 Å². The average Bonchev–Trinajstić information content (AvgIpc) is 2.10. The van der Waals surface area contributed by atoms with Crippen molar-refractivity contribution in [2.45, 2.75) is 18.1 Å². The zero-order valence-corrected chi connectivity index (χ0v) is 18.7. The van der Waals surface area contributed by atoms with Crippen LogP contribution in [0.5, 0.6) is 0 Å². The summed E-state index contributed by atoms with van der Waals surface area (Å²) in [5, 5.41) is 19.3. The van der Waals surface area contributed by atoms with Crippen LogP contribution in [-0.2, 0) is 20.2 Å². The summed E-state index contributed by atoms with van der Waals surface area (Å²) >= 11 is 1.01. The Morgan fingerprint density at radius 1 is 1.11 bits per heavy atom. The first-order valence-corrected chi connectivity index (χ1v) is 5.94. The normalized spacial score (nSPS) is 9.11. The predicted molar refractivity (Wildman–Crippen MR) is 50.5 cm³/mol. The molecule has 7 nitrogen and oxygen atoms in total. The summed E-state index contributed by atoms with van der Waals surface area (Å²) in [6.45, 7) is 3.50. The SMILES string of the molecule is O=S(=O)=O.[CH2-]CCSC(CC(=O)[O-])C(=O)[O-].[Na+].[Na+].[Na+]. The van der Waals surface area contributed by atoms with E-state index in [1.54, 1.807) is 0 Å². The van der Waals surface area contributed by atoms with Crippen molar-refractivity contribution in [3.05, 3.63) is 6.92 Å². The Hall–Kier alpha value is 1.91. The monoisotopic (exact) mass is 338 g/mol. The molecule has 1 unspecified atom stereocenters. The largest absolute Gasteiger partial charge is 1.00 e. The molecule has 1 atom stereocenters. The molecule has 0 aliphatic heterocycles. The molecule has 0 radical (unpaired) electrons. The first-order valence-electron chi connectivity index (χ1n) is 3.89. The number of hydrogen-bond donors (Lipinski definition) is 0. The zero-order chi connectivity index (χ0) is 13.1. The molecule has 0 aliphatic carbocycles. The van der Waals surface area contributed by atoms with Gasteiger partial charge in [0.05, 0.1) is 5.97 Å². The molecule has 0 aliphatic rings. The van der Waals surface area contributed by atoms with Gasteiger partial charge in [-0.05, 0) is 5.75 Å². The van der Waals surface area contributed by atoms with E-state index < -0.39 is 34.2 Å². The van der Waals surface area contributed by atoms with E-state index in [0.29, 0.717) is 12.2 Å². The third-order valence-corrected chi connectivity index (χ3v) is 2.36. The molecular formula is C7H9Na3O7S2. The number of thioether (sulfide) groups is 1. The molecule has 0 N–H and O–H groups in total. The quantitative estimate of drug-likeness (QED) is 0.344. The van der Waals surface area contributed by atoms with Gasteiger partial charge in [0.1, 0.15) is 0 Å². The summed E-state index contributed by atoms with van der Waals surface area (Å²) in [5.41, 5.74) is 0. The molecule has 0 saturated carbocycles. The molecule has 0 aromatic rings. The van der Waals surface area contributed by atoms with Gasteiger partial charge in [-0.15, -0.1) is 12.6 Å². The standard InChI is InChI=1S/C7H11O4S.3Na.O3S/c1-2-3-12-5(7(10)11)4-6(8)9;;;;1-4(2)3/h5H,1-4H2,(H,8,9)(H,10,11);;;;/q-1;3*+1;/p-2. The van der Waals surface area contributed by atoms with Crippen LogP contribution in [0.4, 0.5) is 0 Å². The van der Waals surface area contributed by atoms with Crippen LogP contribution < -0.4 is 98.9 Å². The molecule has 0 bridgehead atoms. The average molecular weight is 338 g/mol. The molecule has 0 fully saturated rings. The fourth-order valence-corrected chi connectivity index (χ4v) is 1.43. The van der Waals surface area contributed by atoms with Crippen molar-refractivity contribution in [2.75, 3.05) is 5.75 Å². The molecule has 0 aromatic heterocycles. The second-order valence-corrected chi connectivity index (χ2v) is 4.03. The van der Waals surface area contributed by atoms with Gasteiger partial charge >= 0.3 is 99.3 Å². The Morgan fingerprint density at radius 2 is 1.47 bits per heavy atom. The number of carbonyl (C=O) groups is 2. The second-order valence-electron chi connectivity index (χ2n) is 2.31. The van der Waals surface area contributed by atoms with Crippen molar-refractivity contribution in [1.29, 1.82) is 0 Å². The van der Waals surface area contributed by atoms with Crippen LogP contribution in [-0.4, -0.2) is 35.6 Å². The van der Waals surface area contributed by atoms with Crippen LogP contribution in [0, 0.1) is 6.92 Å². The Bertz CT molecular complexity index is 325. The van der Waals surface area contributed by atoms with Gasteiger partial charge in [-0.1, -0.05) is 0 Å². The number of rotatable bonds is 6. The van der Waals surface area contributed by atoms with Crippen LogP contribution in [0.3, 0.4) is 0 Å². The molecule has 0 saturated heterocycles. The summed E-state index contributed by atoms with van der Waals surface area (Å²) < 4.78 is 25.3. The van der Waals surface area contributed by atoms with Crippen LogP contribution in [0.15, 0.2) is 0 Å². The molecule has 94 valence electrons. The van der Waals surface area contributed by atoms with Gasteiger partial charge in [-0.25, -0.2) is 0 Å². The van der Waals surface area contributed by atoms with Crippen molar-refractivity contribution in [3.63, 3.8) is 0 Å². The van der Waals surface area contributed by atoms with Gasteiger partial charge < -0.3 is 26.7 Å². The first kappa shape index (κ1) is 32.7. The molecule has 12 heteroatoms. The maximum absolute atomic E-state index is 10.3. The van der Waals surface area contributed by atoms with E-state index in [2.05, 4.69) is 6.92 Å². The smallest absolute Gasteiger partial charge is 0.550 e. The maximum atomic E-state index is 10.3. The summed E-state index contributed by atoms with van der Waals surface area (Å²) in [5.74, 6) is -2.23. The third-order valence-electron chi connectivity index (χ3n) is 1.08. The number of carboxylic acid groups (broad SMARTS) is 2. The van der Waals surface area contributed by atoms with E-state index in [0.717, 1.165) is 11.8 Å². The zero-order valence-electron chi connectivity index (χ0n) is 11.1. The number of aliphatic carboxylic acids is 2. The minimum Gasteiger partial charge on any atom is -0.550 e. The fourth-order valence-electron chi connectivity index (χ4n) is 0.587. The number of hydrogen-bond acceptors (Lipinski definition) is 8. The molecular weight excluding hydrogens is 329 g/mol. The summed E-state index contributed by atoms with van der Waals surface area (Å²) in [6, 6.07) is 0. The molecule has 0 aromatic carbocycles. The summed E-state index contributed by atoms with van der Waals surface area (Å²) in [4.78, 5) is 20.3. The third kappa shape index (κ3) is 33.0. The van der Waals surface area contributed by atoms with Gasteiger partial charge in [-0.3, -0.25) is 0 Å². The molecule has 0 spiro atoms. The van der Waals surface area contributed by atoms with E-state index in [9.17, 15) is 19.8 Å². The molecule has 0 rings (SSSR count). The first-order chi connectivity index (χ1) is 7.31. The van der Waals surface area contributed by atoms with E-state index >= 15 is 0 Å². The van der Waals surface area contributed by atoms with Crippen LogP contribution in [0.1, 0.15) is 12.8 Å². The Balaban J connectivity index is -0.0000000827. The van der Waals surface area contributed by atoms with E-state index in [-0.39, 0.29) is 88.7 Å². The fraction of sp³-hybridized carbons (Fsp3) is 0.571. The molecule has 0 heterocycles. The van der Waals surface area contributed by atoms with Gasteiger partial charge in [0.15, 0.2) is 0 Å². The van der Waals surface area contributed by atoms with Crippen molar-refractivity contribution in [1.82, 2.24) is 0 Å². The predicted octanol–water partition coefficient (Wildman–Crippen LogP) is -11.8. The van der Waals surface area contributed by atoms with Crippen LogP contribution in [0.25, 0.3) is 0 Å². The Morgan fingerprint density at radius 3 is 1.68 bits per heavy atom. The van der Waals surface area contributed by atoms with E-state index in [1.165, 1.54) is 0 Å². The summed E-state index contributed by atoms with van der Waals surface area (Å²) in [7, 11) is -3.11. The van der Waals surface area contributed by atoms with Crippen molar-refractivity contribution < 1.29 is 121 Å². The number of carbonyl (C=O) groups excluding carboxylic acids is 2. The minimum absolute atomic E-state index is 0. The molecule has 0 amide bonds. The minimum atomic E-state index is -3.11. The second kappa shape index (κ2) is 22.2. The van der Waals surface area contributed by atoms with E-state index in [4.69, 9.17) is 12.6 Å². The van der Waals surface area contributed by atoms with Gasteiger partial charge in [0.2, 0.25) is 0 Å². The van der Waals surface area contributed by atoms with Gasteiger partial charge in [0.25, 0.3) is 0 Å². The summed E-state index contributed by atoms with van der Waals surface area (Å²) in [6.07, 6.45) is 0.0501. The van der Waals surface area contributed by atoms with Gasteiger partial charge in [-0.2, -0.15) is 18.2 Å². The van der Waals surface area contributed by atoms with Crippen LogP contribution >= 0.6 is 11.8 Å². The van der Waals surface area contributed by atoms with E-state index in [1.807, 2.05) is 0 Å². The van der Waals surface area contributed by atoms with Crippen LogP contribution in [0.2, 0.25) is 0 Å². The number of carboxylic acids is 2. The maximum Gasteiger partial charge on any atom is 1.00 e.